The summed E-state index contributed by atoms with van der Waals surface area (Å²) >= 11 is 0. The first-order valence-electron chi connectivity index (χ1n) is 11.3. The Balaban J connectivity index is 0.000000335. The van der Waals surface area contributed by atoms with Gasteiger partial charge in [-0.25, -0.2) is 8.78 Å². The molecule has 1 fully saturated rings. The minimum atomic E-state index is -4.35. The van der Waals surface area contributed by atoms with Crippen LogP contribution in [0, 0.1) is 0 Å². The zero-order valence-corrected chi connectivity index (χ0v) is 19.8. The molecule has 2 aromatic rings. The summed E-state index contributed by atoms with van der Waals surface area (Å²) in [5.41, 5.74) is 0.637. The molecule has 2 heterocycles. The molecule has 2 aromatic heterocycles. The Bertz CT molecular complexity index is 884. The highest BCUT2D eigenvalue weighted by Gasteiger charge is 2.43. The highest BCUT2D eigenvalue weighted by molar-refractivity contribution is 5.80. The standard InChI is InChI=1S/C15H16F3N.C8H14F2O.C2H6/c1-4-6-11-9-12(10(2)3)14-13(15(16,17)18)7-5-8-19(11)14;1-2-7(11)4-3-5-8(9,10)6-7;1-2/h5,7-9H,2,4,6H2,1,3H3;11H,2-6H2,1H3;1-2H3. The average Bonchev–Trinajstić information content (AvgIpc) is 3.08. The molecule has 0 bridgehead atoms. The van der Waals surface area contributed by atoms with Gasteiger partial charge in [-0.2, -0.15) is 13.2 Å². The van der Waals surface area contributed by atoms with E-state index in [2.05, 4.69) is 6.58 Å². The fraction of sp³-hybridized carbons (Fsp3) is 0.600. The minimum absolute atomic E-state index is 0.0602. The first kappa shape index (κ1) is 28.1. The maximum Gasteiger partial charge on any atom is 0.418 e. The number of aromatic nitrogens is 1. The van der Waals surface area contributed by atoms with E-state index < -0.39 is 23.3 Å². The van der Waals surface area contributed by atoms with Crippen LogP contribution in [0.2, 0.25) is 0 Å². The van der Waals surface area contributed by atoms with Crippen LogP contribution in [0.4, 0.5) is 22.0 Å². The molecule has 1 aliphatic rings. The Kier molecular flexibility index (Phi) is 9.94. The maximum absolute atomic E-state index is 13.1. The first-order valence-corrected chi connectivity index (χ1v) is 11.3. The van der Waals surface area contributed by atoms with E-state index in [0.717, 1.165) is 24.6 Å². The predicted octanol–water partition coefficient (Wildman–Crippen LogP) is 8.31. The SMILES string of the molecule is C=C(C)c1cc(CCC)n2cccc(C(F)(F)F)c12.CC.CCC1(O)CCCC(F)(F)C1. The van der Waals surface area contributed by atoms with Crippen LogP contribution < -0.4 is 0 Å². The summed E-state index contributed by atoms with van der Waals surface area (Å²) in [7, 11) is 0. The van der Waals surface area contributed by atoms with E-state index >= 15 is 0 Å². The van der Waals surface area contributed by atoms with Gasteiger partial charge in [-0.3, -0.25) is 0 Å². The molecule has 1 atom stereocenters. The third-order valence-corrected chi connectivity index (χ3v) is 5.57. The lowest BCUT2D eigenvalue weighted by Crippen LogP contribution is -2.40. The number of fused-ring (bicyclic) bond motifs is 1. The van der Waals surface area contributed by atoms with Gasteiger partial charge >= 0.3 is 6.18 Å². The third kappa shape index (κ3) is 7.06. The number of hydrogen-bond donors (Lipinski definition) is 1. The van der Waals surface area contributed by atoms with Gasteiger partial charge in [0.05, 0.1) is 16.7 Å². The molecular weight excluding hydrogens is 425 g/mol. The van der Waals surface area contributed by atoms with Crippen molar-refractivity contribution in [3.63, 3.8) is 0 Å². The van der Waals surface area contributed by atoms with Crippen molar-refractivity contribution in [3.05, 3.63) is 47.8 Å². The van der Waals surface area contributed by atoms with Crippen LogP contribution in [0.15, 0.2) is 31.0 Å². The van der Waals surface area contributed by atoms with Gasteiger partial charge < -0.3 is 9.51 Å². The summed E-state index contributed by atoms with van der Waals surface area (Å²) in [6, 6.07) is 4.38. The van der Waals surface area contributed by atoms with Crippen LogP contribution in [-0.2, 0) is 12.6 Å². The number of halogens is 5. The van der Waals surface area contributed by atoms with Crippen molar-refractivity contribution in [2.24, 2.45) is 0 Å². The van der Waals surface area contributed by atoms with E-state index in [1.807, 2.05) is 26.8 Å². The van der Waals surface area contributed by atoms with Gasteiger partial charge in [0, 0.05) is 30.3 Å². The molecular formula is C25H36F5NO. The van der Waals surface area contributed by atoms with Crippen LogP contribution in [-0.4, -0.2) is 21.0 Å². The predicted molar refractivity (Wildman–Crippen MR) is 121 cm³/mol. The van der Waals surface area contributed by atoms with Gasteiger partial charge in [-0.1, -0.05) is 40.7 Å². The molecule has 0 saturated heterocycles. The smallest absolute Gasteiger partial charge is 0.390 e. The van der Waals surface area contributed by atoms with Gasteiger partial charge in [0.2, 0.25) is 0 Å². The highest BCUT2D eigenvalue weighted by atomic mass is 19.4. The highest BCUT2D eigenvalue weighted by Crippen LogP contribution is 2.40. The lowest BCUT2D eigenvalue weighted by molar-refractivity contribution is -0.136. The van der Waals surface area contributed by atoms with Crippen molar-refractivity contribution in [2.45, 2.75) is 97.3 Å². The van der Waals surface area contributed by atoms with E-state index in [1.165, 1.54) is 6.07 Å². The topological polar surface area (TPSA) is 24.6 Å². The van der Waals surface area contributed by atoms with Crippen LogP contribution in [0.1, 0.15) is 90.0 Å². The summed E-state index contributed by atoms with van der Waals surface area (Å²) in [6.45, 7) is 13.3. The van der Waals surface area contributed by atoms with Crippen LogP contribution >= 0.6 is 0 Å². The molecule has 2 nitrogen and oxygen atoms in total. The molecule has 32 heavy (non-hydrogen) atoms. The van der Waals surface area contributed by atoms with Crippen molar-refractivity contribution in [1.29, 1.82) is 0 Å². The Morgan fingerprint density at radius 1 is 1.19 bits per heavy atom. The average molecular weight is 462 g/mol. The van der Waals surface area contributed by atoms with Gasteiger partial charge in [0.25, 0.3) is 5.92 Å². The number of allylic oxidation sites excluding steroid dienone is 1. The molecule has 0 spiro atoms. The normalized spacial score (nSPS) is 20.1. The Hall–Kier alpha value is -1.89. The molecule has 1 saturated carbocycles. The van der Waals surface area contributed by atoms with E-state index in [9.17, 15) is 27.1 Å². The van der Waals surface area contributed by atoms with Crippen LogP contribution in [0.5, 0.6) is 0 Å². The van der Waals surface area contributed by atoms with Gasteiger partial charge in [0.1, 0.15) is 0 Å². The Labute approximate surface area is 188 Å². The van der Waals surface area contributed by atoms with Gasteiger partial charge in [-0.05, 0) is 56.4 Å². The Morgan fingerprint density at radius 3 is 2.25 bits per heavy atom. The second-order valence-corrected chi connectivity index (χ2v) is 8.18. The number of pyridine rings is 1. The van der Waals surface area contributed by atoms with Crippen molar-refractivity contribution in [1.82, 2.24) is 4.40 Å². The second kappa shape index (κ2) is 11.3. The van der Waals surface area contributed by atoms with Crippen molar-refractivity contribution >= 4 is 11.1 Å². The van der Waals surface area contributed by atoms with Gasteiger partial charge in [0.15, 0.2) is 0 Å². The molecule has 0 amide bonds. The molecule has 3 rings (SSSR count). The summed E-state index contributed by atoms with van der Waals surface area (Å²) in [6.07, 6.45) is -0.0465. The molecule has 1 N–H and O–H groups in total. The van der Waals surface area contributed by atoms with E-state index in [1.54, 1.807) is 24.4 Å². The zero-order chi connectivity index (χ0) is 24.7. The second-order valence-electron chi connectivity index (χ2n) is 8.18. The number of aryl methyl sites for hydroxylation is 1. The number of nitrogens with zero attached hydrogens (tertiary/aromatic N) is 1. The minimum Gasteiger partial charge on any atom is -0.390 e. The first-order chi connectivity index (χ1) is 14.8. The summed E-state index contributed by atoms with van der Waals surface area (Å²) in [5.74, 6) is -2.64. The number of rotatable bonds is 4. The van der Waals surface area contributed by atoms with E-state index in [0.29, 0.717) is 30.4 Å². The fourth-order valence-electron chi connectivity index (χ4n) is 3.97. The Morgan fingerprint density at radius 2 is 1.81 bits per heavy atom. The summed E-state index contributed by atoms with van der Waals surface area (Å²) in [4.78, 5) is 0. The maximum atomic E-state index is 13.1. The fourth-order valence-corrected chi connectivity index (χ4v) is 3.97. The zero-order valence-electron chi connectivity index (χ0n) is 19.8. The van der Waals surface area contributed by atoms with Crippen molar-refractivity contribution < 1.29 is 27.1 Å². The van der Waals surface area contributed by atoms with Crippen LogP contribution in [0.25, 0.3) is 11.1 Å². The summed E-state index contributed by atoms with van der Waals surface area (Å²) in [5, 5.41) is 9.54. The number of hydrogen-bond acceptors (Lipinski definition) is 1. The molecule has 1 unspecified atom stereocenters. The lowest BCUT2D eigenvalue weighted by Gasteiger charge is -2.35. The third-order valence-electron chi connectivity index (χ3n) is 5.57. The molecule has 0 aromatic carbocycles. The van der Waals surface area contributed by atoms with E-state index in [4.69, 9.17) is 0 Å². The molecule has 0 aliphatic heterocycles. The molecule has 1 aliphatic carbocycles. The number of alkyl halides is 5. The van der Waals surface area contributed by atoms with E-state index in [-0.39, 0.29) is 18.4 Å². The molecule has 182 valence electrons. The molecule has 7 heteroatoms. The lowest BCUT2D eigenvalue weighted by atomic mass is 9.81. The summed E-state index contributed by atoms with van der Waals surface area (Å²) < 4.78 is 66.4. The van der Waals surface area contributed by atoms with Gasteiger partial charge in [-0.15, -0.1) is 0 Å². The van der Waals surface area contributed by atoms with Crippen molar-refractivity contribution in [2.75, 3.05) is 0 Å². The monoisotopic (exact) mass is 461 g/mol. The number of aliphatic hydroxyl groups is 1. The van der Waals surface area contributed by atoms with Crippen LogP contribution in [0.3, 0.4) is 0 Å². The van der Waals surface area contributed by atoms with Crippen molar-refractivity contribution in [3.8, 4) is 0 Å². The largest absolute Gasteiger partial charge is 0.418 e. The molecule has 0 radical (unpaired) electrons. The quantitative estimate of drug-likeness (QED) is 0.455.